The quantitative estimate of drug-likeness (QED) is 0.625. The number of benzene rings is 1. The Hall–Kier alpha value is -1.81. The van der Waals surface area contributed by atoms with Crippen molar-refractivity contribution in [2.45, 2.75) is 19.8 Å². The van der Waals surface area contributed by atoms with E-state index >= 15 is 0 Å². The third kappa shape index (κ3) is 3.89. The number of aryl methyl sites for hydroxylation is 2. The summed E-state index contributed by atoms with van der Waals surface area (Å²) in [6, 6.07) is 5.73. The number of rotatable bonds is 5. The van der Waals surface area contributed by atoms with Gasteiger partial charge in [-0.2, -0.15) is 0 Å². The fourth-order valence-corrected chi connectivity index (χ4v) is 1.71. The van der Waals surface area contributed by atoms with Crippen LogP contribution in [0.3, 0.4) is 0 Å². The molecule has 0 aliphatic carbocycles. The van der Waals surface area contributed by atoms with Gasteiger partial charge in [0.05, 0.1) is 0 Å². The Morgan fingerprint density at radius 1 is 1.33 bits per heavy atom. The molecule has 1 aromatic rings. The van der Waals surface area contributed by atoms with Crippen LogP contribution in [0.2, 0.25) is 5.02 Å². The predicted molar refractivity (Wildman–Crippen MR) is 71.0 cm³/mol. The average Bonchev–Trinajstić information content (AvgIpc) is 2.31. The van der Waals surface area contributed by atoms with E-state index in [1.807, 2.05) is 25.1 Å². The van der Waals surface area contributed by atoms with Crippen molar-refractivity contribution in [2.24, 2.45) is 11.5 Å². The normalized spacial score (nSPS) is 11.3. The summed E-state index contributed by atoms with van der Waals surface area (Å²) in [6.45, 7) is 1.92. The topological polar surface area (TPSA) is 86.2 Å². The molecule has 0 aliphatic rings. The lowest BCUT2D eigenvalue weighted by Gasteiger charge is -2.06. The molecule has 0 bridgehead atoms. The molecule has 4 nitrogen and oxygen atoms in total. The van der Waals surface area contributed by atoms with Crippen LogP contribution in [0.4, 0.5) is 0 Å². The molecular weight excluding hydrogens is 252 g/mol. The summed E-state index contributed by atoms with van der Waals surface area (Å²) in [5.74, 6) is -1.80. The highest BCUT2D eigenvalue weighted by molar-refractivity contribution is 6.40. The molecule has 0 atom stereocenters. The summed E-state index contributed by atoms with van der Waals surface area (Å²) in [4.78, 5) is 21.6. The second-order valence-electron chi connectivity index (χ2n) is 4.00. The third-order valence-corrected chi connectivity index (χ3v) is 3.05. The van der Waals surface area contributed by atoms with Gasteiger partial charge in [-0.15, -0.1) is 0 Å². The Labute approximate surface area is 111 Å². The maximum Gasteiger partial charge on any atom is 0.289 e. The fourth-order valence-electron chi connectivity index (χ4n) is 1.49. The van der Waals surface area contributed by atoms with E-state index in [9.17, 15) is 9.59 Å². The van der Waals surface area contributed by atoms with Gasteiger partial charge in [0.25, 0.3) is 5.91 Å². The SMILES string of the molecule is Cc1cccc(CC/C(N)=C/C(=O)C(N)=O)c1Cl. The van der Waals surface area contributed by atoms with Crippen molar-refractivity contribution in [2.75, 3.05) is 0 Å². The van der Waals surface area contributed by atoms with Crippen molar-refractivity contribution in [3.05, 3.63) is 46.1 Å². The zero-order valence-electron chi connectivity index (χ0n) is 10.1. The van der Waals surface area contributed by atoms with Crippen molar-refractivity contribution < 1.29 is 9.59 Å². The van der Waals surface area contributed by atoms with Crippen LogP contribution in [0.1, 0.15) is 17.5 Å². The molecule has 0 heterocycles. The van der Waals surface area contributed by atoms with Crippen LogP contribution >= 0.6 is 11.6 Å². The van der Waals surface area contributed by atoms with Crippen molar-refractivity contribution in [1.82, 2.24) is 0 Å². The van der Waals surface area contributed by atoms with Gasteiger partial charge in [0.1, 0.15) is 0 Å². The first-order chi connectivity index (χ1) is 8.41. The molecule has 5 heteroatoms. The number of nitrogens with two attached hydrogens (primary N) is 2. The van der Waals surface area contributed by atoms with Gasteiger partial charge < -0.3 is 11.5 Å². The maximum absolute atomic E-state index is 11.0. The molecule has 18 heavy (non-hydrogen) atoms. The Bertz CT molecular complexity index is 510. The average molecular weight is 267 g/mol. The Morgan fingerprint density at radius 3 is 2.61 bits per heavy atom. The highest BCUT2D eigenvalue weighted by Crippen LogP contribution is 2.22. The molecule has 0 unspecified atom stereocenters. The van der Waals surface area contributed by atoms with E-state index in [0.717, 1.165) is 17.2 Å². The highest BCUT2D eigenvalue weighted by Gasteiger charge is 2.07. The molecule has 0 aromatic heterocycles. The van der Waals surface area contributed by atoms with E-state index in [0.29, 0.717) is 23.6 Å². The Morgan fingerprint density at radius 2 is 2.00 bits per heavy atom. The predicted octanol–water partition coefficient (Wildman–Crippen LogP) is 1.48. The lowest BCUT2D eigenvalue weighted by molar-refractivity contribution is -0.133. The number of primary amides is 1. The lowest BCUT2D eigenvalue weighted by atomic mass is 10.1. The molecule has 4 N–H and O–H groups in total. The molecule has 0 radical (unpaired) electrons. The van der Waals surface area contributed by atoms with E-state index in [2.05, 4.69) is 0 Å². The summed E-state index contributed by atoms with van der Waals surface area (Å²) >= 11 is 6.13. The molecule has 0 aliphatic heterocycles. The standard InChI is InChI=1S/C13H15ClN2O2/c1-8-3-2-4-9(12(8)14)5-6-10(15)7-11(17)13(16)18/h2-4,7H,5-6,15H2,1H3,(H2,16,18)/b10-7-. The van der Waals surface area contributed by atoms with Gasteiger partial charge in [-0.3, -0.25) is 9.59 Å². The summed E-state index contributed by atoms with van der Waals surface area (Å²) in [5.41, 5.74) is 12.7. The van der Waals surface area contributed by atoms with Gasteiger partial charge in [0.2, 0.25) is 5.78 Å². The van der Waals surface area contributed by atoms with Crippen molar-refractivity contribution in [3.8, 4) is 0 Å². The van der Waals surface area contributed by atoms with Crippen LogP contribution in [0.15, 0.2) is 30.0 Å². The number of amides is 1. The fraction of sp³-hybridized carbons (Fsp3) is 0.231. The molecule has 0 saturated heterocycles. The van der Waals surface area contributed by atoms with Crippen LogP contribution in [-0.4, -0.2) is 11.7 Å². The zero-order chi connectivity index (χ0) is 13.7. The number of carbonyl (C=O) groups is 2. The minimum absolute atomic E-state index is 0.316. The smallest absolute Gasteiger partial charge is 0.289 e. The van der Waals surface area contributed by atoms with Gasteiger partial charge in [0, 0.05) is 16.8 Å². The molecule has 0 fully saturated rings. The molecule has 0 spiro atoms. The minimum atomic E-state index is -1.01. The van der Waals surface area contributed by atoms with Crippen LogP contribution in [-0.2, 0) is 16.0 Å². The molecular formula is C13H15ClN2O2. The van der Waals surface area contributed by atoms with Crippen LogP contribution in [0.25, 0.3) is 0 Å². The molecule has 1 rings (SSSR count). The van der Waals surface area contributed by atoms with Gasteiger partial charge in [-0.1, -0.05) is 29.8 Å². The Kier molecular flexibility index (Phi) is 4.92. The zero-order valence-corrected chi connectivity index (χ0v) is 10.8. The first-order valence-electron chi connectivity index (χ1n) is 5.45. The van der Waals surface area contributed by atoms with E-state index in [4.69, 9.17) is 23.1 Å². The third-order valence-electron chi connectivity index (χ3n) is 2.51. The number of allylic oxidation sites excluding steroid dienone is 1. The van der Waals surface area contributed by atoms with E-state index < -0.39 is 11.7 Å². The van der Waals surface area contributed by atoms with Crippen LogP contribution < -0.4 is 11.5 Å². The minimum Gasteiger partial charge on any atom is -0.402 e. The van der Waals surface area contributed by atoms with Gasteiger partial charge in [-0.25, -0.2) is 0 Å². The van der Waals surface area contributed by atoms with Crippen molar-refractivity contribution in [1.29, 1.82) is 0 Å². The number of hydrogen-bond donors (Lipinski definition) is 2. The largest absolute Gasteiger partial charge is 0.402 e. The van der Waals surface area contributed by atoms with Crippen LogP contribution in [0, 0.1) is 6.92 Å². The summed E-state index contributed by atoms with van der Waals surface area (Å²) in [6.07, 6.45) is 2.11. The summed E-state index contributed by atoms with van der Waals surface area (Å²) in [7, 11) is 0. The number of carbonyl (C=O) groups excluding carboxylic acids is 2. The number of halogens is 1. The highest BCUT2D eigenvalue weighted by atomic mass is 35.5. The van der Waals surface area contributed by atoms with Crippen molar-refractivity contribution in [3.63, 3.8) is 0 Å². The molecule has 96 valence electrons. The van der Waals surface area contributed by atoms with Gasteiger partial charge >= 0.3 is 0 Å². The molecule has 1 amide bonds. The first-order valence-corrected chi connectivity index (χ1v) is 5.83. The second-order valence-corrected chi connectivity index (χ2v) is 4.37. The van der Waals surface area contributed by atoms with E-state index in [-0.39, 0.29) is 0 Å². The van der Waals surface area contributed by atoms with Gasteiger partial charge in [-0.05, 0) is 30.9 Å². The lowest BCUT2D eigenvalue weighted by Crippen LogP contribution is -2.22. The van der Waals surface area contributed by atoms with E-state index in [1.165, 1.54) is 0 Å². The van der Waals surface area contributed by atoms with E-state index in [1.54, 1.807) is 0 Å². The van der Waals surface area contributed by atoms with Gasteiger partial charge in [0.15, 0.2) is 0 Å². The summed E-state index contributed by atoms with van der Waals surface area (Å²) in [5, 5.41) is 0.700. The monoisotopic (exact) mass is 266 g/mol. The first kappa shape index (κ1) is 14.3. The number of ketones is 1. The molecule has 1 aromatic carbocycles. The number of hydrogen-bond acceptors (Lipinski definition) is 3. The maximum atomic E-state index is 11.0. The summed E-state index contributed by atoms with van der Waals surface area (Å²) < 4.78 is 0. The molecule has 0 saturated carbocycles. The van der Waals surface area contributed by atoms with Crippen LogP contribution in [0.5, 0.6) is 0 Å². The second kappa shape index (κ2) is 6.21. The Balaban J connectivity index is 2.68. The van der Waals surface area contributed by atoms with Crippen molar-refractivity contribution >= 4 is 23.3 Å².